The van der Waals surface area contributed by atoms with Crippen molar-refractivity contribution in [1.29, 1.82) is 0 Å². The smallest absolute Gasteiger partial charge is 0.230 e. The number of carbonyl (C=O) groups excluding carboxylic acids is 1. The van der Waals surface area contributed by atoms with Gasteiger partial charge in [0.05, 0.1) is 5.75 Å². The molecule has 100 valence electrons. The average molecular weight is 330 g/mol. The molecule has 0 aliphatic rings. The molecule has 1 N–H and O–H groups in total. The summed E-state index contributed by atoms with van der Waals surface area (Å²) in [6, 6.07) is 8.44. The standard InChI is InChI=1S/C14H20BrNOS/c1-10(2)11(3)16-14(17)9-18-8-12-4-6-13(15)7-5-12/h4-7,10-11H,8-9H2,1-3H3,(H,16,17). The van der Waals surface area contributed by atoms with Crippen LogP contribution in [0.4, 0.5) is 0 Å². The minimum atomic E-state index is 0.123. The fourth-order valence-electron chi connectivity index (χ4n) is 1.30. The van der Waals surface area contributed by atoms with Gasteiger partial charge in [0.15, 0.2) is 0 Å². The van der Waals surface area contributed by atoms with Gasteiger partial charge in [0.1, 0.15) is 0 Å². The largest absolute Gasteiger partial charge is 0.353 e. The van der Waals surface area contributed by atoms with Crippen molar-refractivity contribution in [2.24, 2.45) is 5.92 Å². The van der Waals surface area contributed by atoms with Gasteiger partial charge in [-0.3, -0.25) is 4.79 Å². The topological polar surface area (TPSA) is 29.1 Å². The molecule has 0 heterocycles. The number of rotatable bonds is 6. The zero-order valence-corrected chi connectivity index (χ0v) is 13.5. The van der Waals surface area contributed by atoms with E-state index in [0.29, 0.717) is 11.7 Å². The molecule has 0 saturated heterocycles. The first-order valence-electron chi connectivity index (χ1n) is 6.10. The van der Waals surface area contributed by atoms with Crippen molar-refractivity contribution in [3.8, 4) is 0 Å². The van der Waals surface area contributed by atoms with Gasteiger partial charge < -0.3 is 5.32 Å². The predicted molar refractivity (Wildman–Crippen MR) is 82.7 cm³/mol. The summed E-state index contributed by atoms with van der Waals surface area (Å²) >= 11 is 5.05. The van der Waals surface area contributed by atoms with Gasteiger partial charge in [-0.05, 0) is 30.5 Å². The maximum Gasteiger partial charge on any atom is 0.230 e. The quantitative estimate of drug-likeness (QED) is 0.859. The van der Waals surface area contributed by atoms with E-state index >= 15 is 0 Å². The van der Waals surface area contributed by atoms with Crippen LogP contribution in [0.1, 0.15) is 26.3 Å². The molecule has 0 aromatic heterocycles. The Hall–Kier alpha value is -0.480. The minimum absolute atomic E-state index is 0.123. The van der Waals surface area contributed by atoms with Crippen LogP contribution >= 0.6 is 27.7 Å². The van der Waals surface area contributed by atoms with Crippen LogP contribution in [0.15, 0.2) is 28.7 Å². The van der Waals surface area contributed by atoms with Gasteiger partial charge in [-0.2, -0.15) is 0 Å². The normalized spacial score (nSPS) is 12.5. The Bertz CT molecular complexity index is 378. The SMILES string of the molecule is CC(C)C(C)NC(=O)CSCc1ccc(Br)cc1. The Morgan fingerprint density at radius 2 is 1.89 bits per heavy atom. The zero-order valence-electron chi connectivity index (χ0n) is 11.1. The van der Waals surface area contributed by atoms with E-state index in [1.54, 1.807) is 11.8 Å². The lowest BCUT2D eigenvalue weighted by atomic mass is 10.1. The molecule has 18 heavy (non-hydrogen) atoms. The highest BCUT2D eigenvalue weighted by molar-refractivity contribution is 9.10. The van der Waals surface area contributed by atoms with Crippen LogP contribution in [0, 0.1) is 5.92 Å². The van der Waals surface area contributed by atoms with Crippen LogP contribution in [0.5, 0.6) is 0 Å². The van der Waals surface area contributed by atoms with Crippen molar-refractivity contribution in [1.82, 2.24) is 5.32 Å². The van der Waals surface area contributed by atoms with E-state index in [-0.39, 0.29) is 11.9 Å². The molecule has 1 aromatic rings. The highest BCUT2D eigenvalue weighted by Crippen LogP contribution is 2.15. The molecule has 0 fully saturated rings. The molecule has 0 bridgehead atoms. The van der Waals surface area contributed by atoms with E-state index < -0.39 is 0 Å². The Labute approximate surface area is 122 Å². The van der Waals surface area contributed by atoms with Crippen molar-refractivity contribution < 1.29 is 4.79 Å². The van der Waals surface area contributed by atoms with E-state index in [4.69, 9.17) is 0 Å². The second-order valence-electron chi connectivity index (χ2n) is 4.72. The monoisotopic (exact) mass is 329 g/mol. The summed E-state index contributed by atoms with van der Waals surface area (Å²) in [6.45, 7) is 6.27. The number of thioether (sulfide) groups is 1. The second-order valence-corrected chi connectivity index (χ2v) is 6.62. The van der Waals surface area contributed by atoms with Crippen molar-refractivity contribution in [2.75, 3.05) is 5.75 Å². The van der Waals surface area contributed by atoms with Crippen LogP contribution in [0.2, 0.25) is 0 Å². The molecule has 0 saturated carbocycles. The summed E-state index contributed by atoms with van der Waals surface area (Å²) in [7, 11) is 0. The van der Waals surface area contributed by atoms with Crippen LogP contribution in [-0.4, -0.2) is 17.7 Å². The predicted octanol–water partition coefficient (Wildman–Crippen LogP) is 3.84. The Morgan fingerprint density at radius 3 is 2.44 bits per heavy atom. The molecule has 1 aromatic carbocycles. The van der Waals surface area contributed by atoms with Crippen LogP contribution in [-0.2, 0) is 10.5 Å². The number of hydrogen-bond donors (Lipinski definition) is 1. The van der Waals surface area contributed by atoms with Crippen LogP contribution < -0.4 is 5.32 Å². The Kier molecular flexibility index (Phi) is 6.79. The molecule has 2 nitrogen and oxygen atoms in total. The van der Waals surface area contributed by atoms with E-state index in [1.165, 1.54) is 5.56 Å². The second kappa shape index (κ2) is 7.85. The summed E-state index contributed by atoms with van der Waals surface area (Å²) in [5, 5.41) is 3.01. The van der Waals surface area contributed by atoms with E-state index in [9.17, 15) is 4.79 Å². The maximum absolute atomic E-state index is 11.7. The Balaban J connectivity index is 2.25. The van der Waals surface area contributed by atoms with Gasteiger partial charge >= 0.3 is 0 Å². The number of benzene rings is 1. The van der Waals surface area contributed by atoms with Crippen molar-refractivity contribution in [2.45, 2.75) is 32.6 Å². The molecular formula is C14H20BrNOS. The lowest BCUT2D eigenvalue weighted by Crippen LogP contribution is -2.37. The third-order valence-electron chi connectivity index (χ3n) is 2.80. The summed E-state index contributed by atoms with van der Waals surface area (Å²) in [5.74, 6) is 1.99. The molecule has 0 aliphatic carbocycles. The molecule has 0 radical (unpaired) electrons. The van der Waals surface area contributed by atoms with E-state index in [0.717, 1.165) is 10.2 Å². The average Bonchev–Trinajstić information content (AvgIpc) is 2.31. The number of carbonyl (C=O) groups is 1. The third-order valence-corrected chi connectivity index (χ3v) is 4.34. The maximum atomic E-state index is 11.7. The van der Waals surface area contributed by atoms with Crippen molar-refractivity contribution >= 4 is 33.6 Å². The first-order valence-corrected chi connectivity index (χ1v) is 8.05. The lowest BCUT2D eigenvalue weighted by molar-refractivity contribution is -0.119. The zero-order chi connectivity index (χ0) is 13.5. The molecular weight excluding hydrogens is 310 g/mol. The van der Waals surface area contributed by atoms with Crippen molar-refractivity contribution in [3.05, 3.63) is 34.3 Å². The van der Waals surface area contributed by atoms with Crippen LogP contribution in [0.25, 0.3) is 0 Å². The van der Waals surface area contributed by atoms with Gasteiger partial charge in [0.25, 0.3) is 0 Å². The van der Waals surface area contributed by atoms with E-state index in [1.807, 2.05) is 19.1 Å². The molecule has 4 heteroatoms. The fourth-order valence-corrected chi connectivity index (χ4v) is 2.37. The summed E-state index contributed by atoms with van der Waals surface area (Å²) in [5.41, 5.74) is 1.24. The van der Waals surface area contributed by atoms with Gasteiger partial charge in [-0.15, -0.1) is 11.8 Å². The molecule has 1 amide bonds. The van der Waals surface area contributed by atoms with Crippen LogP contribution in [0.3, 0.4) is 0 Å². The highest BCUT2D eigenvalue weighted by atomic mass is 79.9. The number of nitrogens with one attached hydrogen (secondary N) is 1. The number of hydrogen-bond acceptors (Lipinski definition) is 2. The molecule has 1 atom stereocenters. The van der Waals surface area contributed by atoms with Gasteiger partial charge in [-0.1, -0.05) is 41.9 Å². The number of amides is 1. The molecule has 1 rings (SSSR count). The fraction of sp³-hybridized carbons (Fsp3) is 0.500. The lowest BCUT2D eigenvalue weighted by Gasteiger charge is -2.17. The van der Waals surface area contributed by atoms with Gasteiger partial charge in [0.2, 0.25) is 5.91 Å². The minimum Gasteiger partial charge on any atom is -0.353 e. The summed E-state index contributed by atoms with van der Waals surface area (Å²) < 4.78 is 1.08. The van der Waals surface area contributed by atoms with Gasteiger partial charge in [0, 0.05) is 16.3 Å². The highest BCUT2D eigenvalue weighted by Gasteiger charge is 2.10. The summed E-state index contributed by atoms with van der Waals surface area (Å²) in [4.78, 5) is 11.7. The first-order chi connectivity index (χ1) is 8.49. The van der Waals surface area contributed by atoms with Crippen molar-refractivity contribution in [3.63, 3.8) is 0 Å². The Morgan fingerprint density at radius 1 is 1.28 bits per heavy atom. The van der Waals surface area contributed by atoms with E-state index in [2.05, 4.69) is 47.2 Å². The molecule has 0 spiro atoms. The molecule has 1 unspecified atom stereocenters. The first kappa shape index (κ1) is 15.6. The molecule has 0 aliphatic heterocycles. The summed E-state index contributed by atoms with van der Waals surface area (Å²) in [6.07, 6.45) is 0. The van der Waals surface area contributed by atoms with Gasteiger partial charge in [-0.25, -0.2) is 0 Å². The number of halogens is 1. The third kappa shape index (κ3) is 5.91.